The minimum Gasteiger partial charge on any atom is -0.207 e. The molecule has 2 bridgehead atoms. The van der Waals surface area contributed by atoms with Crippen molar-refractivity contribution in [2.24, 2.45) is 0 Å². The molecule has 2 aliphatic heterocycles. The summed E-state index contributed by atoms with van der Waals surface area (Å²) in [6.45, 7) is 2.82. The molecule has 3 aromatic rings. The van der Waals surface area contributed by atoms with E-state index in [1.54, 1.807) is 10.4 Å². The first-order valence-corrected chi connectivity index (χ1v) is 9.81. The van der Waals surface area contributed by atoms with Gasteiger partial charge in [0.2, 0.25) is 10.0 Å². The number of fused-ring (bicyclic) bond motifs is 5. The Morgan fingerprint density at radius 3 is 2.36 bits per heavy atom. The molecule has 0 N–H and O–H groups in total. The number of rotatable bonds is 0. The van der Waals surface area contributed by atoms with Crippen molar-refractivity contribution < 1.29 is 8.42 Å². The van der Waals surface area contributed by atoms with Gasteiger partial charge in [0, 0.05) is 18.7 Å². The van der Waals surface area contributed by atoms with Gasteiger partial charge in [0.15, 0.2) is 0 Å². The summed E-state index contributed by atoms with van der Waals surface area (Å²) in [4.78, 5) is 0.411. The second-order valence-corrected chi connectivity index (χ2v) is 8.67. The largest absolute Gasteiger partial charge is 0.244 e. The van der Waals surface area contributed by atoms with Crippen LogP contribution in [0.3, 0.4) is 0 Å². The summed E-state index contributed by atoms with van der Waals surface area (Å²) in [5, 5.41) is 0. The molecule has 0 spiro atoms. The van der Waals surface area contributed by atoms with E-state index in [1.165, 1.54) is 0 Å². The van der Waals surface area contributed by atoms with Gasteiger partial charge in [-0.3, -0.25) is 0 Å². The lowest BCUT2D eigenvalue weighted by Crippen LogP contribution is -2.28. The van der Waals surface area contributed by atoms with Gasteiger partial charge < -0.3 is 0 Å². The minimum absolute atomic E-state index is 0.403. The maximum absolute atomic E-state index is 13.4. The quantitative estimate of drug-likeness (QED) is 0.606. The van der Waals surface area contributed by atoms with E-state index in [0.717, 1.165) is 38.9 Å². The lowest BCUT2D eigenvalue weighted by molar-refractivity contribution is 0.407. The van der Waals surface area contributed by atoms with E-state index in [1.807, 2.05) is 49.4 Å². The van der Waals surface area contributed by atoms with Crippen LogP contribution in [0.25, 0.3) is 22.3 Å². The normalized spacial score (nSPS) is 19.3. The van der Waals surface area contributed by atoms with E-state index in [-0.39, 0.29) is 0 Å². The number of aryl methyl sites for hydroxylation is 1. The van der Waals surface area contributed by atoms with Crippen LogP contribution in [0.2, 0.25) is 0 Å². The van der Waals surface area contributed by atoms with E-state index in [9.17, 15) is 8.42 Å². The average molecular weight is 347 g/mol. The number of hydrogen-bond acceptors (Lipinski definition) is 2. The van der Waals surface area contributed by atoms with Crippen molar-refractivity contribution in [1.29, 1.82) is 0 Å². The maximum atomic E-state index is 13.4. The Kier molecular flexibility index (Phi) is 3.00. The van der Waals surface area contributed by atoms with Crippen molar-refractivity contribution >= 4 is 10.0 Å². The van der Waals surface area contributed by atoms with E-state index in [2.05, 4.69) is 12.1 Å². The zero-order chi connectivity index (χ0) is 17.2. The van der Waals surface area contributed by atoms with Gasteiger partial charge in [0.1, 0.15) is 0 Å². The number of benzene rings is 3. The predicted octanol–water partition coefficient (Wildman–Crippen LogP) is 4.35. The third-order valence-electron chi connectivity index (χ3n) is 5.21. The molecule has 4 heteroatoms. The molecule has 0 saturated heterocycles. The Labute approximate surface area is 147 Å². The lowest BCUT2D eigenvalue weighted by atomic mass is 9.90. The molecule has 25 heavy (non-hydrogen) atoms. The van der Waals surface area contributed by atoms with Gasteiger partial charge in [-0.1, -0.05) is 60.2 Å². The van der Waals surface area contributed by atoms with Crippen LogP contribution in [0.1, 0.15) is 16.7 Å². The monoisotopic (exact) mass is 347 g/mol. The predicted molar refractivity (Wildman–Crippen MR) is 98.5 cm³/mol. The maximum Gasteiger partial charge on any atom is 0.244 e. The fourth-order valence-electron chi connectivity index (χ4n) is 3.99. The van der Waals surface area contributed by atoms with Gasteiger partial charge in [-0.05, 0) is 40.8 Å². The zero-order valence-electron chi connectivity index (χ0n) is 13.9. The van der Waals surface area contributed by atoms with Crippen LogP contribution in [0.15, 0.2) is 65.6 Å². The molecule has 0 saturated carbocycles. The summed E-state index contributed by atoms with van der Waals surface area (Å²) in [5.74, 6) is 0. The van der Waals surface area contributed by atoms with Crippen LogP contribution in [-0.4, -0.2) is 12.7 Å². The number of nitrogens with zero attached hydrogens (tertiary/aromatic N) is 1. The second kappa shape index (κ2) is 5.04. The van der Waals surface area contributed by atoms with Crippen molar-refractivity contribution in [2.45, 2.75) is 24.9 Å². The molecule has 0 aromatic heterocycles. The molecule has 5 rings (SSSR count). The Morgan fingerprint density at radius 1 is 0.800 bits per heavy atom. The van der Waals surface area contributed by atoms with Crippen molar-refractivity contribution in [3.8, 4) is 22.3 Å². The number of sulfonamides is 1. The molecule has 2 aliphatic rings. The van der Waals surface area contributed by atoms with E-state index >= 15 is 0 Å². The van der Waals surface area contributed by atoms with Gasteiger partial charge in [-0.15, -0.1) is 0 Å². The zero-order valence-corrected chi connectivity index (χ0v) is 14.7. The molecule has 0 radical (unpaired) electrons. The molecule has 3 nitrogen and oxygen atoms in total. The third kappa shape index (κ3) is 2.04. The fraction of sp³-hybridized carbons (Fsp3) is 0.143. The van der Waals surface area contributed by atoms with Crippen LogP contribution in [-0.2, 0) is 23.1 Å². The highest BCUT2D eigenvalue weighted by Crippen LogP contribution is 2.44. The smallest absolute Gasteiger partial charge is 0.207 e. The molecule has 124 valence electrons. The van der Waals surface area contributed by atoms with E-state index in [4.69, 9.17) is 0 Å². The van der Waals surface area contributed by atoms with Gasteiger partial charge in [-0.25, -0.2) is 8.42 Å². The van der Waals surface area contributed by atoms with E-state index < -0.39 is 10.0 Å². The first-order chi connectivity index (χ1) is 12.1. The second-order valence-electron chi connectivity index (χ2n) is 6.76. The topological polar surface area (TPSA) is 37.4 Å². The van der Waals surface area contributed by atoms with Gasteiger partial charge in [0.25, 0.3) is 0 Å². The summed E-state index contributed by atoms with van der Waals surface area (Å²) in [7, 11) is -3.54. The molecular weight excluding hydrogens is 330 g/mol. The fourth-order valence-corrected chi connectivity index (χ4v) is 5.57. The van der Waals surface area contributed by atoms with Crippen LogP contribution >= 0.6 is 0 Å². The molecule has 3 aromatic carbocycles. The van der Waals surface area contributed by atoms with Gasteiger partial charge in [0.05, 0.1) is 4.90 Å². The standard InChI is InChI=1S/C21H17NO2S/c1-14-9-10-21-19(11-14)18-8-4-7-17-16-6-3-2-5-15(16)12-22(13-20(17)18)25(21,23)24/h2-11H,12-13H2,1H3. The molecular formula is C21H17NO2S. The first kappa shape index (κ1) is 14.9. The summed E-state index contributed by atoms with van der Waals surface area (Å²) in [6.07, 6.45) is 0. The average Bonchev–Trinajstić information content (AvgIpc) is 2.83. The van der Waals surface area contributed by atoms with Crippen LogP contribution in [0, 0.1) is 6.92 Å². The van der Waals surface area contributed by atoms with Crippen LogP contribution in [0.5, 0.6) is 0 Å². The molecule has 1 unspecified atom stereocenters. The van der Waals surface area contributed by atoms with E-state index in [0.29, 0.717) is 18.0 Å². The Bertz CT molecular complexity index is 1130. The highest BCUT2D eigenvalue weighted by molar-refractivity contribution is 7.89. The summed E-state index contributed by atoms with van der Waals surface area (Å²) in [5.41, 5.74) is 7.33. The van der Waals surface area contributed by atoms with Crippen LogP contribution in [0.4, 0.5) is 0 Å². The Hall–Kier alpha value is -2.43. The molecule has 1 atom stereocenters. The van der Waals surface area contributed by atoms with Crippen molar-refractivity contribution in [2.75, 3.05) is 0 Å². The third-order valence-corrected chi connectivity index (χ3v) is 7.06. The van der Waals surface area contributed by atoms with Crippen LogP contribution < -0.4 is 0 Å². The first-order valence-electron chi connectivity index (χ1n) is 8.37. The minimum atomic E-state index is -3.54. The SMILES string of the molecule is Cc1ccc2c(c1)-c1cccc3c1CN(Cc1ccccc1-3)S2(=O)=O. The summed E-state index contributed by atoms with van der Waals surface area (Å²) >= 11 is 0. The highest BCUT2D eigenvalue weighted by Gasteiger charge is 2.35. The molecule has 0 amide bonds. The van der Waals surface area contributed by atoms with Crippen molar-refractivity contribution in [3.05, 3.63) is 77.4 Å². The molecule has 0 aliphatic carbocycles. The van der Waals surface area contributed by atoms with Crippen molar-refractivity contribution in [3.63, 3.8) is 0 Å². The lowest BCUT2D eigenvalue weighted by Gasteiger charge is -2.20. The van der Waals surface area contributed by atoms with Crippen molar-refractivity contribution in [1.82, 2.24) is 4.31 Å². The molecule has 0 fully saturated rings. The highest BCUT2D eigenvalue weighted by atomic mass is 32.2. The molecule has 2 heterocycles. The summed E-state index contributed by atoms with van der Waals surface area (Å²) < 4.78 is 28.3. The number of hydrogen-bond donors (Lipinski definition) is 0. The van der Waals surface area contributed by atoms with Gasteiger partial charge >= 0.3 is 0 Å². The Morgan fingerprint density at radius 2 is 1.52 bits per heavy atom. The summed E-state index contributed by atoms with van der Waals surface area (Å²) in [6, 6.07) is 19.9. The Balaban J connectivity index is 1.96. The van der Waals surface area contributed by atoms with Gasteiger partial charge in [-0.2, -0.15) is 4.31 Å².